The van der Waals surface area contributed by atoms with E-state index < -0.39 is 5.60 Å². The van der Waals surface area contributed by atoms with Crippen molar-refractivity contribution in [3.05, 3.63) is 42.2 Å². The molecular weight excluding hydrogens is 190 g/mol. The van der Waals surface area contributed by atoms with Gasteiger partial charge in [-0.3, -0.25) is 4.79 Å². The lowest BCUT2D eigenvalue weighted by Gasteiger charge is -2.24. The normalized spacial score (nSPS) is 11.6. The Bertz CT molecular complexity index is 485. The van der Waals surface area contributed by atoms with Gasteiger partial charge in [0.15, 0.2) is 0 Å². The van der Waals surface area contributed by atoms with Gasteiger partial charge in [-0.25, -0.2) is 0 Å². The predicted octanol–water partition coefficient (Wildman–Crippen LogP) is 2.35. The number of hydrogen-bond acceptors (Lipinski definition) is 2. The lowest BCUT2D eigenvalue weighted by molar-refractivity contribution is -0.141. The molecule has 3 heteroatoms. The van der Waals surface area contributed by atoms with E-state index in [-0.39, 0.29) is 0 Å². The molecule has 0 unspecified atom stereocenters. The van der Waals surface area contributed by atoms with Gasteiger partial charge < -0.3 is 9.14 Å². The Hall–Kier alpha value is -1.77. The monoisotopic (exact) mass is 203 g/mol. The van der Waals surface area contributed by atoms with Crippen LogP contribution in [0.5, 0.6) is 0 Å². The molecular formula is C12H13NO2. The molecule has 0 aromatic carbocycles. The number of nitrogens with zero attached hydrogens (tertiary/aromatic N) is 1. The highest BCUT2D eigenvalue weighted by Crippen LogP contribution is 2.24. The fourth-order valence-corrected chi connectivity index (χ4v) is 1.74. The van der Waals surface area contributed by atoms with Gasteiger partial charge in [-0.05, 0) is 38.1 Å². The zero-order valence-corrected chi connectivity index (χ0v) is 8.81. The molecule has 0 aliphatic rings. The van der Waals surface area contributed by atoms with Gasteiger partial charge in [0.25, 0.3) is 6.47 Å². The van der Waals surface area contributed by atoms with Crippen LogP contribution in [0.25, 0.3) is 5.52 Å². The first-order valence-corrected chi connectivity index (χ1v) is 4.83. The molecule has 0 amide bonds. The number of aromatic nitrogens is 1. The second kappa shape index (κ2) is 3.42. The summed E-state index contributed by atoms with van der Waals surface area (Å²) in [5.41, 5.74) is 1.44. The summed E-state index contributed by atoms with van der Waals surface area (Å²) in [6, 6.07) is 9.91. The van der Waals surface area contributed by atoms with Crippen LogP contribution in [0.1, 0.15) is 19.5 Å². The summed E-state index contributed by atoms with van der Waals surface area (Å²) < 4.78 is 7.11. The first-order valence-electron chi connectivity index (χ1n) is 4.83. The fourth-order valence-electron chi connectivity index (χ4n) is 1.74. The second-order valence-corrected chi connectivity index (χ2v) is 3.94. The van der Waals surface area contributed by atoms with E-state index in [0.29, 0.717) is 6.47 Å². The highest BCUT2D eigenvalue weighted by Gasteiger charge is 2.24. The van der Waals surface area contributed by atoms with Crippen molar-refractivity contribution in [3.63, 3.8) is 0 Å². The maximum absolute atomic E-state index is 10.4. The third-order valence-electron chi connectivity index (χ3n) is 2.52. The average molecular weight is 203 g/mol. The Balaban J connectivity index is 2.59. The summed E-state index contributed by atoms with van der Waals surface area (Å²) in [5, 5.41) is 0. The average Bonchev–Trinajstić information content (AvgIpc) is 2.64. The van der Waals surface area contributed by atoms with E-state index in [2.05, 4.69) is 0 Å². The van der Waals surface area contributed by atoms with Crippen LogP contribution in [0.15, 0.2) is 36.5 Å². The van der Waals surface area contributed by atoms with Crippen LogP contribution < -0.4 is 0 Å². The summed E-state index contributed by atoms with van der Waals surface area (Å²) in [7, 11) is 0. The molecule has 0 atom stereocenters. The van der Waals surface area contributed by atoms with Crippen LogP contribution in [0, 0.1) is 0 Å². The van der Waals surface area contributed by atoms with E-state index in [9.17, 15) is 4.79 Å². The zero-order valence-electron chi connectivity index (χ0n) is 8.81. The van der Waals surface area contributed by atoms with E-state index in [0.717, 1.165) is 11.2 Å². The number of ether oxygens (including phenoxy) is 1. The van der Waals surface area contributed by atoms with Crippen LogP contribution >= 0.6 is 0 Å². The van der Waals surface area contributed by atoms with Crippen molar-refractivity contribution >= 4 is 12.0 Å². The third-order valence-corrected chi connectivity index (χ3v) is 2.52. The van der Waals surface area contributed by atoms with Crippen LogP contribution in [-0.2, 0) is 15.1 Å². The SMILES string of the molecule is CC(C)(OC=O)c1cccc2cccn12. The van der Waals surface area contributed by atoms with Gasteiger partial charge in [0, 0.05) is 11.7 Å². The molecule has 15 heavy (non-hydrogen) atoms. The van der Waals surface area contributed by atoms with Gasteiger partial charge >= 0.3 is 0 Å². The Morgan fingerprint density at radius 2 is 2.00 bits per heavy atom. The summed E-state index contributed by atoms with van der Waals surface area (Å²) in [4.78, 5) is 10.4. The number of hydrogen-bond donors (Lipinski definition) is 0. The molecule has 0 N–H and O–H groups in total. The summed E-state index contributed by atoms with van der Waals surface area (Å²) in [6.45, 7) is 4.23. The maximum Gasteiger partial charge on any atom is 0.294 e. The zero-order chi connectivity index (χ0) is 10.9. The van der Waals surface area contributed by atoms with Gasteiger partial charge in [-0.15, -0.1) is 0 Å². The van der Waals surface area contributed by atoms with Crippen molar-refractivity contribution in [1.29, 1.82) is 0 Å². The Morgan fingerprint density at radius 1 is 1.27 bits per heavy atom. The standard InChI is InChI=1S/C12H13NO2/c1-12(2,15-9-14)11-7-3-5-10-6-4-8-13(10)11/h3-9H,1-2H3. The predicted molar refractivity (Wildman–Crippen MR) is 57.6 cm³/mol. The number of fused-ring (bicyclic) bond motifs is 1. The molecule has 2 aromatic heterocycles. The van der Waals surface area contributed by atoms with Crippen LogP contribution in [0.3, 0.4) is 0 Å². The van der Waals surface area contributed by atoms with Crippen molar-refractivity contribution in [2.24, 2.45) is 0 Å². The Labute approximate surface area is 88.3 Å². The second-order valence-electron chi connectivity index (χ2n) is 3.94. The largest absolute Gasteiger partial charge is 0.455 e. The van der Waals surface area contributed by atoms with Crippen molar-refractivity contribution < 1.29 is 9.53 Å². The summed E-state index contributed by atoms with van der Waals surface area (Å²) in [5.74, 6) is 0. The third kappa shape index (κ3) is 1.61. The highest BCUT2D eigenvalue weighted by atomic mass is 16.5. The van der Waals surface area contributed by atoms with Gasteiger partial charge in [-0.1, -0.05) is 6.07 Å². The van der Waals surface area contributed by atoms with Crippen molar-refractivity contribution in [2.75, 3.05) is 0 Å². The molecule has 0 saturated heterocycles. The van der Waals surface area contributed by atoms with Crippen molar-refractivity contribution in [2.45, 2.75) is 19.4 Å². The first kappa shape index (κ1) is 9.77. The molecule has 2 heterocycles. The first-order chi connectivity index (χ1) is 7.15. The van der Waals surface area contributed by atoms with Gasteiger partial charge in [0.2, 0.25) is 0 Å². The van der Waals surface area contributed by atoms with E-state index >= 15 is 0 Å². The van der Waals surface area contributed by atoms with Gasteiger partial charge in [-0.2, -0.15) is 0 Å². The van der Waals surface area contributed by atoms with E-state index in [1.54, 1.807) is 0 Å². The minimum absolute atomic E-state index is 0.488. The molecule has 0 fully saturated rings. The lowest BCUT2D eigenvalue weighted by Crippen LogP contribution is -2.23. The summed E-state index contributed by atoms with van der Waals surface area (Å²) >= 11 is 0. The molecule has 2 rings (SSSR count). The highest BCUT2D eigenvalue weighted by molar-refractivity contribution is 5.49. The quantitative estimate of drug-likeness (QED) is 0.717. The molecule has 78 valence electrons. The smallest absolute Gasteiger partial charge is 0.294 e. The topological polar surface area (TPSA) is 30.7 Å². The molecule has 0 saturated carbocycles. The molecule has 2 aromatic rings. The van der Waals surface area contributed by atoms with Gasteiger partial charge in [0.05, 0.1) is 5.69 Å². The molecule has 0 aliphatic heterocycles. The van der Waals surface area contributed by atoms with E-state index in [4.69, 9.17) is 4.74 Å². The molecule has 3 nitrogen and oxygen atoms in total. The Kier molecular flexibility index (Phi) is 2.23. The fraction of sp³-hybridized carbons (Fsp3) is 0.250. The molecule has 0 aliphatic carbocycles. The minimum atomic E-state index is -0.611. The summed E-state index contributed by atoms with van der Waals surface area (Å²) in [6.07, 6.45) is 1.96. The van der Waals surface area contributed by atoms with Crippen molar-refractivity contribution in [1.82, 2.24) is 4.40 Å². The van der Waals surface area contributed by atoms with E-state index in [1.165, 1.54) is 0 Å². The minimum Gasteiger partial charge on any atom is -0.455 e. The maximum atomic E-state index is 10.4. The van der Waals surface area contributed by atoms with E-state index in [1.807, 2.05) is 54.8 Å². The molecule has 0 spiro atoms. The lowest BCUT2D eigenvalue weighted by atomic mass is 10.0. The number of rotatable bonds is 3. The van der Waals surface area contributed by atoms with Crippen molar-refractivity contribution in [3.8, 4) is 0 Å². The Morgan fingerprint density at radius 3 is 2.73 bits per heavy atom. The molecule has 0 bridgehead atoms. The van der Waals surface area contributed by atoms with Crippen LogP contribution in [0.2, 0.25) is 0 Å². The number of carbonyl (C=O) groups excluding carboxylic acids is 1. The molecule has 0 radical (unpaired) electrons. The number of carbonyl (C=O) groups is 1. The van der Waals surface area contributed by atoms with Crippen LogP contribution in [0.4, 0.5) is 0 Å². The van der Waals surface area contributed by atoms with Crippen LogP contribution in [-0.4, -0.2) is 10.9 Å². The van der Waals surface area contributed by atoms with Gasteiger partial charge in [0.1, 0.15) is 5.60 Å². The number of pyridine rings is 1.